The van der Waals surface area contributed by atoms with Crippen molar-refractivity contribution in [2.45, 2.75) is 39.3 Å². The van der Waals surface area contributed by atoms with Crippen molar-refractivity contribution in [3.63, 3.8) is 0 Å². The molecule has 0 radical (unpaired) electrons. The minimum absolute atomic E-state index is 0.0663. The van der Waals surface area contributed by atoms with Crippen molar-refractivity contribution in [1.82, 2.24) is 5.43 Å². The van der Waals surface area contributed by atoms with E-state index in [0.717, 1.165) is 16.9 Å². The van der Waals surface area contributed by atoms with Crippen molar-refractivity contribution in [2.24, 2.45) is 5.84 Å². The van der Waals surface area contributed by atoms with Gasteiger partial charge in [-0.1, -0.05) is 6.07 Å². The number of methoxy groups -OCH3 is 1. The first-order valence-corrected chi connectivity index (χ1v) is 6.21. The number of benzene rings is 1. The molecule has 0 saturated heterocycles. The number of hydrogen-bond donors (Lipinski definition) is 2. The summed E-state index contributed by atoms with van der Waals surface area (Å²) in [7, 11) is 1.66. The van der Waals surface area contributed by atoms with E-state index in [1.807, 2.05) is 45.9 Å². The molecule has 0 aliphatic carbocycles. The maximum Gasteiger partial charge on any atom is 0.119 e. The van der Waals surface area contributed by atoms with Crippen LogP contribution in [0.25, 0.3) is 0 Å². The Morgan fingerprint density at radius 1 is 1.39 bits per heavy atom. The smallest absolute Gasteiger partial charge is 0.119 e. The van der Waals surface area contributed by atoms with Gasteiger partial charge in [-0.25, -0.2) is 0 Å². The van der Waals surface area contributed by atoms with Crippen molar-refractivity contribution in [1.29, 1.82) is 0 Å². The highest BCUT2D eigenvalue weighted by molar-refractivity contribution is 5.37. The lowest BCUT2D eigenvalue weighted by atomic mass is 9.89. The Labute approximate surface area is 109 Å². The Hall–Kier alpha value is -1.10. The zero-order valence-corrected chi connectivity index (χ0v) is 11.9. The van der Waals surface area contributed by atoms with Gasteiger partial charge in [-0.05, 0) is 51.0 Å². The molecule has 0 spiro atoms. The van der Waals surface area contributed by atoms with E-state index in [1.165, 1.54) is 0 Å². The molecule has 4 heteroatoms. The molecule has 0 aromatic heterocycles. The summed E-state index contributed by atoms with van der Waals surface area (Å²) in [6.07, 6.45) is 0. The van der Waals surface area contributed by atoms with E-state index in [-0.39, 0.29) is 11.6 Å². The van der Waals surface area contributed by atoms with E-state index in [9.17, 15) is 0 Å². The highest BCUT2D eigenvalue weighted by Crippen LogP contribution is 2.31. The minimum atomic E-state index is -0.372. The molecule has 4 nitrogen and oxygen atoms in total. The van der Waals surface area contributed by atoms with Crippen LogP contribution in [0.2, 0.25) is 0 Å². The standard InChI is InChI=1S/C14H24N2O2/c1-6-18-14(3,4)13(16-15)12-8-7-11(17-5)9-10(12)2/h7-9,13,16H,6,15H2,1-5H3. The molecular formula is C14H24N2O2. The number of rotatable bonds is 6. The second-order valence-corrected chi connectivity index (χ2v) is 4.86. The number of hydrazine groups is 1. The van der Waals surface area contributed by atoms with Crippen LogP contribution in [0.15, 0.2) is 18.2 Å². The molecule has 0 saturated carbocycles. The van der Waals surface area contributed by atoms with Gasteiger partial charge < -0.3 is 9.47 Å². The minimum Gasteiger partial charge on any atom is -0.497 e. The molecule has 1 aromatic rings. The largest absolute Gasteiger partial charge is 0.497 e. The molecule has 1 unspecified atom stereocenters. The summed E-state index contributed by atoms with van der Waals surface area (Å²) in [5, 5.41) is 0. The second kappa shape index (κ2) is 6.18. The van der Waals surface area contributed by atoms with E-state index in [1.54, 1.807) is 7.11 Å². The van der Waals surface area contributed by atoms with Gasteiger partial charge >= 0.3 is 0 Å². The average molecular weight is 252 g/mol. The summed E-state index contributed by atoms with van der Waals surface area (Å²) < 4.78 is 11.0. The second-order valence-electron chi connectivity index (χ2n) is 4.86. The number of ether oxygens (including phenoxy) is 2. The van der Waals surface area contributed by atoms with Crippen LogP contribution in [0.4, 0.5) is 0 Å². The van der Waals surface area contributed by atoms with Crippen molar-refractivity contribution in [3.05, 3.63) is 29.3 Å². The Balaban J connectivity index is 3.09. The van der Waals surface area contributed by atoms with E-state index < -0.39 is 0 Å². The van der Waals surface area contributed by atoms with Gasteiger partial charge in [-0.15, -0.1) is 0 Å². The van der Waals surface area contributed by atoms with Crippen LogP contribution in [0.1, 0.15) is 37.9 Å². The summed E-state index contributed by atoms with van der Waals surface area (Å²) in [5.41, 5.74) is 4.74. The Bertz CT molecular complexity index is 391. The van der Waals surface area contributed by atoms with Crippen molar-refractivity contribution < 1.29 is 9.47 Å². The van der Waals surface area contributed by atoms with Gasteiger partial charge in [0.25, 0.3) is 0 Å². The van der Waals surface area contributed by atoms with Crippen LogP contribution < -0.4 is 16.0 Å². The van der Waals surface area contributed by atoms with E-state index >= 15 is 0 Å². The molecule has 1 aromatic carbocycles. The molecular weight excluding hydrogens is 228 g/mol. The van der Waals surface area contributed by atoms with Crippen LogP contribution in [-0.2, 0) is 4.74 Å². The molecule has 0 bridgehead atoms. The molecule has 0 heterocycles. The Kier molecular flexibility index (Phi) is 5.14. The van der Waals surface area contributed by atoms with Gasteiger partial charge in [0.2, 0.25) is 0 Å². The summed E-state index contributed by atoms with van der Waals surface area (Å²) >= 11 is 0. The summed E-state index contributed by atoms with van der Waals surface area (Å²) in [6, 6.07) is 5.90. The first-order valence-electron chi connectivity index (χ1n) is 6.21. The average Bonchev–Trinajstić information content (AvgIpc) is 2.31. The molecule has 18 heavy (non-hydrogen) atoms. The summed E-state index contributed by atoms with van der Waals surface area (Å²) in [4.78, 5) is 0. The number of aryl methyl sites for hydroxylation is 1. The van der Waals surface area contributed by atoms with Crippen LogP contribution in [-0.4, -0.2) is 19.3 Å². The SMILES string of the molecule is CCOC(C)(C)C(NN)c1ccc(OC)cc1C. The van der Waals surface area contributed by atoms with Crippen LogP contribution in [0.3, 0.4) is 0 Å². The van der Waals surface area contributed by atoms with Gasteiger partial charge in [0.1, 0.15) is 5.75 Å². The van der Waals surface area contributed by atoms with E-state index in [4.69, 9.17) is 15.3 Å². The normalized spacial score (nSPS) is 13.4. The predicted octanol–water partition coefficient (Wildman–Crippen LogP) is 2.32. The van der Waals surface area contributed by atoms with E-state index in [2.05, 4.69) is 5.43 Å². The summed E-state index contributed by atoms with van der Waals surface area (Å²) in [6.45, 7) is 8.75. The molecule has 0 aliphatic rings. The molecule has 0 aliphatic heterocycles. The quantitative estimate of drug-likeness (QED) is 0.602. The van der Waals surface area contributed by atoms with Gasteiger partial charge in [0.15, 0.2) is 0 Å². The number of nitrogens with one attached hydrogen (secondary N) is 1. The van der Waals surface area contributed by atoms with Crippen molar-refractivity contribution in [2.75, 3.05) is 13.7 Å². The molecule has 0 amide bonds. The van der Waals surface area contributed by atoms with Crippen LogP contribution in [0.5, 0.6) is 5.75 Å². The highest BCUT2D eigenvalue weighted by Gasteiger charge is 2.31. The first kappa shape index (κ1) is 15.0. The Morgan fingerprint density at radius 3 is 2.50 bits per heavy atom. The van der Waals surface area contributed by atoms with Gasteiger partial charge in [0.05, 0.1) is 18.8 Å². The molecule has 0 fully saturated rings. The fourth-order valence-corrected chi connectivity index (χ4v) is 2.22. The van der Waals surface area contributed by atoms with Crippen molar-refractivity contribution in [3.8, 4) is 5.75 Å². The highest BCUT2D eigenvalue weighted by atomic mass is 16.5. The number of nitrogens with two attached hydrogens (primary N) is 1. The lowest BCUT2D eigenvalue weighted by Gasteiger charge is -2.34. The zero-order valence-electron chi connectivity index (χ0n) is 11.9. The topological polar surface area (TPSA) is 56.5 Å². The lowest BCUT2D eigenvalue weighted by Crippen LogP contribution is -2.44. The molecule has 3 N–H and O–H groups in total. The third-order valence-electron chi connectivity index (χ3n) is 3.17. The van der Waals surface area contributed by atoms with Gasteiger partial charge in [0, 0.05) is 6.61 Å². The third-order valence-corrected chi connectivity index (χ3v) is 3.17. The Morgan fingerprint density at radius 2 is 2.06 bits per heavy atom. The zero-order chi connectivity index (χ0) is 13.8. The monoisotopic (exact) mass is 252 g/mol. The maximum atomic E-state index is 5.77. The molecule has 1 atom stereocenters. The fraction of sp³-hybridized carbons (Fsp3) is 0.571. The number of hydrogen-bond acceptors (Lipinski definition) is 4. The predicted molar refractivity (Wildman–Crippen MR) is 73.5 cm³/mol. The lowest BCUT2D eigenvalue weighted by molar-refractivity contribution is -0.0394. The van der Waals surface area contributed by atoms with Crippen molar-refractivity contribution >= 4 is 0 Å². The van der Waals surface area contributed by atoms with Gasteiger partial charge in [-0.2, -0.15) is 0 Å². The van der Waals surface area contributed by atoms with Crippen LogP contribution >= 0.6 is 0 Å². The fourth-order valence-electron chi connectivity index (χ4n) is 2.22. The third kappa shape index (κ3) is 3.22. The molecule has 1 rings (SSSR count). The van der Waals surface area contributed by atoms with E-state index in [0.29, 0.717) is 6.61 Å². The van der Waals surface area contributed by atoms with Gasteiger partial charge in [-0.3, -0.25) is 11.3 Å². The maximum absolute atomic E-state index is 5.77. The molecule has 102 valence electrons. The first-order chi connectivity index (χ1) is 8.46. The summed E-state index contributed by atoms with van der Waals surface area (Å²) in [5.74, 6) is 6.55. The van der Waals surface area contributed by atoms with Crippen LogP contribution in [0, 0.1) is 6.92 Å².